The fraction of sp³-hybridized carbons (Fsp3) is 0.630. The van der Waals surface area contributed by atoms with E-state index in [-0.39, 0.29) is 23.1 Å². The summed E-state index contributed by atoms with van der Waals surface area (Å²) in [5.74, 6) is 1.90. The van der Waals surface area contributed by atoms with Crippen molar-refractivity contribution in [3.63, 3.8) is 0 Å². The number of H-pyrrole nitrogens is 1. The van der Waals surface area contributed by atoms with E-state index in [1.54, 1.807) is 7.11 Å². The lowest BCUT2D eigenvalue weighted by Crippen LogP contribution is -2.44. The lowest BCUT2D eigenvalue weighted by Gasteiger charge is -2.42. The number of ether oxygens (including phenoxy) is 1. The molecule has 2 aromatic heterocycles. The monoisotopic (exact) mass is 480 g/mol. The maximum Gasteiger partial charge on any atom is 0.252 e. The van der Waals surface area contributed by atoms with E-state index in [2.05, 4.69) is 60.0 Å². The number of fused-ring (bicyclic) bond motifs is 1. The minimum atomic E-state index is -0.191. The number of hydrogen-bond donors (Lipinski definition) is 1. The molecule has 0 radical (unpaired) electrons. The summed E-state index contributed by atoms with van der Waals surface area (Å²) in [5, 5.41) is 14.1. The molecule has 0 bridgehead atoms. The van der Waals surface area contributed by atoms with Gasteiger partial charge in [-0.05, 0) is 73.0 Å². The highest BCUT2D eigenvalue weighted by Gasteiger charge is 2.37. The Morgan fingerprint density at radius 3 is 2.60 bits per heavy atom. The van der Waals surface area contributed by atoms with E-state index in [1.807, 2.05) is 28.9 Å². The second kappa shape index (κ2) is 10.5. The highest BCUT2D eigenvalue weighted by Crippen LogP contribution is 2.37. The van der Waals surface area contributed by atoms with Crippen LogP contribution in [0.15, 0.2) is 29.1 Å². The van der Waals surface area contributed by atoms with E-state index in [9.17, 15) is 4.79 Å². The standard InChI is InChI=1S/C27H40N6O2/c1-7-27(4,5)33-25(29-30-31-33)24(18(2)3)32(21-11-9-8-10-12-21)17-20-15-19-13-14-22(35-6)16-23(19)28-26(20)34/h13-16,18,21,24H,7-12,17H2,1-6H3,(H,28,34). The molecule has 1 aromatic carbocycles. The van der Waals surface area contributed by atoms with Crippen LogP contribution in [-0.4, -0.2) is 43.2 Å². The summed E-state index contributed by atoms with van der Waals surface area (Å²) in [6, 6.07) is 8.23. The van der Waals surface area contributed by atoms with Gasteiger partial charge in [0, 0.05) is 24.2 Å². The van der Waals surface area contributed by atoms with Crippen molar-refractivity contribution in [3.05, 3.63) is 46.0 Å². The van der Waals surface area contributed by atoms with Gasteiger partial charge in [-0.3, -0.25) is 9.69 Å². The molecule has 1 aliphatic rings. The lowest BCUT2D eigenvalue weighted by molar-refractivity contribution is 0.0572. The first-order chi connectivity index (χ1) is 16.7. The molecule has 1 atom stereocenters. The van der Waals surface area contributed by atoms with E-state index in [0.717, 1.165) is 47.3 Å². The molecule has 8 nitrogen and oxygen atoms in total. The van der Waals surface area contributed by atoms with Gasteiger partial charge in [0.25, 0.3) is 5.56 Å². The minimum Gasteiger partial charge on any atom is -0.497 e. The van der Waals surface area contributed by atoms with E-state index in [0.29, 0.717) is 12.6 Å². The van der Waals surface area contributed by atoms with E-state index >= 15 is 0 Å². The van der Waals surface area contributed by atoms with Crippen molar-refractivity contribution in [1.82, 2.24) is 30.1 Å². The highest BCUT2D eigenvalue weighted by atomic mass is 16.5. The van der Waals surface area contributed by atoms with E-state index in [4.69, 9.17) is 4.74 Å². The summed E-state index contributed by atoms with van der Waals surface area (Å²) in [6.07, 6.45) is 6.88. The predicted octanol–water partition coefficient (Wildman–Crippen LogP) is 5.20. The number of nitrogens with one attached hydrogen (secondary N) is 1. The summed E-state index contributed by atoms with van der Waals surface area (Å²) in [7, 11) is 1.63. The zero-order valence-corrected chi connectivity index (χ0v) is 22.0. The Labute approximate surface area is 208 Å². The molecule has 1 fully saturated rings. The molecule has 35 heavy (non-hydrogen) atoms. The van der Waals surface area contributed by atoms with Crippen LogP contribution in [0.5, 0.6) is 5.75 Å². The smallest absolute Gasteiger partial charge is 0.252 e. The third-order valence-corrected chi connectivity index (χ3v) is 7.71. The molecule has 0 aliphatic heterocycles. The number of pyridine rings is 1. The lowest BCUT2D eigenvalue weighted by atomic mass is 9.89. The van der Waals surface area contributed by atoms with Crippen LogP contribution >= 0.6 is 0 Å². The molecule has 1 unspecified atom stereocenters. The zero-order chi connectivity index (χ0) is 25.2. The molecular weight excluding hydrogens is 440 g/mol. The maximum atomic E-state index is 13.2. The molecule has 3 aromatic rings. The van der Waals surface area contributed by atoms with Gasteiger partial charge in [-0.25, -0.2) is 4.68 Å². The Morgan fingerprint density at radius 2 is 1.94 bits per heavy atom. The number of nitrogens with zero attached hydrogens (tertiary/aromatic N) is 5. The van der Waals surface area contributed by atoms with Crippen molar-refractivity contribution in [3.8, 4) is 5.75 Å². The number of benzene rings is 1. The maximum absolute atomic E-state index is 13.2. The van der Waals surface area contributed by atoms with Gasteiger partial charge in [0.2, 0.25) is 0 Å². The van der Waals surface area contributed by atoms with Gasteiger partial charge in [-0.1, -0.05) is 40.0 Å². The fourth-order valence-corrected chi connectivity index (χ4v) is 5.32. The summed E-state index contributed by atoms with van der Waals surface area (Å²) in [6.45, 7) is 11.5. The Hall–Kier alpha value is -2.74. The molecular formula is C27H40N6O2. The van der Waals surface area contributed by atoms with Crippen LogP contribution in [0.4, 0.5) is 0 Å². The SMILES string of the molecule is CCC(C)(C)n1nnnc1C(C(C)C)N(Cc1cc2ccc(OC)cc2[nH]c1=O)C1CCCCC1. The van der Waals surface area contributed by atoms with Gasteiger partial charge in [0.15, 0.2) is 5.82 Å². The zero-order valence-electron chi connectivity index (χ0n) is 22.0. The number of hydrogen-bond acceptors (Lipinski definition) is 6. The molecule has 190 valence electrons. The van der Waals surface area contributed by atoms with Crippen molar-refractivity contribution < 1.29 is 4.74 Å². The van der Waals surface area contributed by atoms with Crippen LogP contribution in [0.1, 0.15) is 90.6 Å². The first kappa shape index (κ1) is 25.4. The predicted molar refractivity (Wildman–Crippen MR) is 139 cm³/mol. The molecule has 2 heterocycles. The van der Waals surface area contributed by atoms with Crippen LogP contribution < -0.4 is 10.3 Å². The Balaban J connectivity index is 1.78. The Kier molecular flexibility index (Phi) is 7.59. The quantitative estimate of drug-likeness (QED) is 0.453. The topological polar surface area (TPSA) is 88.9 Å². The van der Waals surface area contributed by atoms with Gasteiger partial charge in [-0.2, -0.15) is 0 Å². The number of tetrazole rings is 1. The van der Waals surface area contributed by atoms with Crippen LogP contribution in [0.3, 0.4) is 0 Å². The Morgan fingerprint density at radius 1 is 1.20 bits per heavy atom. The van der Waals surface area contributed by atoms with Gasteiger partial charge in [0.1, 0.15) is 5.75 Å². The summed E-state index contributed by atoms with van der Waals surface area (Å²) >= 11 is 0. The number of methoxy groups -OCH3 is 1. The average Bonchev–Trinajstić information content (AvgIpc) is 3.34. The van der Waals surface area contributed by atoms with Gasteiger partial charge in [-0.15, -0.1) is 5.10 Å². The molecule has 0 saturated heterocycles. The van der Waals surface area contributed by atoms with Crippen molar-refractivity contribution in [2.75, 3.05) is 7.11 Å². The van der Waals surface area contributed by atoms with Gasteiger partial charge in [0.05, 0.1) is 24.2 Å². The number of rotatable bonds is 9. The third-order valence-electron chi connectivity index (χ3n) is 7.71. The third kappa shape index (κ3) is 5.27. The van der Waals surface area contributed by atoms with Crippen molar-refractivity contribution in [2.45, 2.75) is 97.3 Å². The highest BCUT2D eigenvalue weighted by molar-refractivity contribution is 5.80. The molecule has 1 N–H and O–H groups in total. The summed E-state index contributed by atoms with van der Waals surface area (Å²) in [5.41, 5.74) is 1.32. The van der Waals surface area contributed by atoms with Crippen molar-refractivity contribution >= 4 is 10.9 Å². The normalized spacial score (nSPS) is 16.3. The van der Waals surface area contributed by atoms with Gasteiger partial charge < -0.3 is 9.72 Å². The van der Waals surface area contributed by atoms with Crippen LogP contribution in [0.2, 0.25) is 0 Å². The van der Waals surface area contributed by atoms with Crippen LogP contribution in [0.25, 0.3) is 10.9 Å². The average molecular weight is 481 g/mol. The van der Waals surface area contributed by atoms with Crippen LogP contribution in [-0.2, 0) is 12.1 Å². The largest absolute Gasteiger partial charge is 0.497 e. The minimum absolute atomic E-state index is 0.00453. The summed E-state index contributed by atoms with van der Waals surface area (Å²) < 4.78 is 7.34. The molecule has 0 spiro atoms. The van der Waals surface area contributed by atoms with Gasteiger partial charge >= 0.3 is 0 Å². The molecule has 8 heteroatoms. The molecule has 0 amide bonds. The molecule has 1 saturated carbocycles. The molecule has 4 rings (SSSR count). The van der Waals surface area contributed by atoms with E-state index in [1.165, 1.54) is 19.3 Å². The fourth-order valence-electron chi connectivity index (χ4n) is 5.32. The van der Waals surface area contributed by atoms with Crippen LogP contribution in [0, 0.1) is 5.92 Å². The first-order valence-electron chi connectivity index (χ1n) is 13.0. The van der Waals surface area contributed by atoms with Crippen molar-refractivity contribution in [2.24, 2.45) is 5.92 Å². The number of aromatic amines is 1. The number of aromatic nitrogens is 5. The first-order valence-corrected chi connectivity index (χ1v) is 13.0. The second-order valence-electron chi connectivity index (χ2n) is 10.8. The van der Waals surface area contributed by atoms with E-state index < -0.39 is 0 Å². The molecule has 1 aliphatic carbocycles. The second-order valence-corrected chi connectivity index (χ2v) is 10.8. The summed E-state index contributed by atoms with van der Waals surface area (Å²) in [4.78, 5) is 18.8. The van der Waals surface area contributed by atoms with Crippen molar-refractivity contribution in [1.29, 1.82) is 0 Å². The Bertz CT molecular complexity index is 1190.